The average Bonchev–Trinajstić information content (AvgIpc) is 2.66. The number of nitrogens with one attached hydrogen (secondary N) is 2. The van der Waals surface area contributed by atoms with Gasteiger partial charge in [-0.15, -0.1) is 0 Å². The van der Waals surface area contributed by atoms with E-state index < -0.39 is 10.0 Å². The third kappa shape index (κ3) is 7.53. The quantitative estimate of drug-likeness (QED) is 0.657. The van der Waals surface area contributed by atoms with E-state index in [1.165, 1.54) is 0 Å². The van der Waals surface area contributed by atoms with Crippen LogP contribution in [0, 0.1) is 5.92 Å². The molecule has 6 heteroatoms. The lowest BCUT2D eigenvalue weighted by atomic mass is 10.1. The van der Waals surface area contributed by atoms with E-state index in [0.29, 0.717) is 38.3 Å². The van der Waals surface area contributed by atoms with E-state index in [1.54, 1.807) is 24.3 Å². The first-order valence-corrected chi connectivity index (χ1v) is 10.7. The van der Waals surface area contributed by atoms with Gasteiger partial charge >= 0.3 is 0 Å². The number of aryl methyl sites for hydroxylation is 1. The standard InChI is InChI=1S/C21H28N2O3S/c1-17(2)16-22-21(24)13-10-19-8-11-20(12-9-19)27(25,26)23-15-14-18-6-4-3-5-7-18/h3-9,11-12,17,23H,10,13-16H2,1-2H3,(H,22,24). The molecule has 0 aliphatic heterocycles. The molecule has 0 radical (unpaired) electrons. The molecule has 0 bridgehead atoms. The van der Waals surface area contributed by atoms with Crippen molar-refractivity contribution >= 4 is 15.9 Å². The van der Waals surface area contributed by atoms with Gasteiger partial charge in [0, 0.05) is 19.5 Å². The molecule has 2 aromatic carbocycles. The molecule has 0 aromatic heterocycles. The van der Waals surface area contributed by atoms with E-state index in [2.05, 4.69) is 10.0 Å². The number of amides is 1. The van der Waals surface area contributed by atoms with Gasteiger partial charge in [0.15, 0.2) is 0 Å². The Balaban J connectivity index is 1.83. The zero-order chi connectivity index (χ0) is 19.7. The highest BCUT2D eigenvalue weighted by molar-refractivity contribution is 7.89. The number of hydrogen-bond donors (Lipinski definition) is 2. The molecule has 0 saturated carbocycles. The predicted molar refractivity (Wildman–Crippen MR) is 108 cm³/mol. The monoisotopic (exact) mass is 388 g/mol. The van der Waals surface area contributed by atoms with Gasteiger partial charge in [0.25, 0.3) is 0 Å². The van der Waals surface area contributed by atoms with Crippen LogP contribution in [0.1, 0.15) is 31.4 Å². The molecule has 5 nitrogen and oxygen atoms in total. The lowest BCUT2D eigenvalue weighted by Gasteiger charge is -2.09. The van der Waals surface area contributed by atoms with Crippen LogP contribution in [0.3, 0.4) is 0 Å². The third-order valence-electron chi connectivity index (χ3n) is 4.13. The maximum Gasteiger partial charge on any atom is 0.240 e. The molecule has 0 fully saturated rings. The molecular formula is C21H28N2O3S. The first-order chi connectivity index (χ1) is 12.9. The minimum atomic E-state index is -3.53. The molecule has 0 saturated heterocycles. The van der Waals surface area contributed by atoms with Crippen LogP contribution in [-0.4, -0.2) is 27.4 Å². The van der Waals surface area contributed by atoms with Crippen LogP contribution in [0.2, 0.25) is 0 Å². The second-order valence-electron chi connectivity index (χ2n) is 6.98. The number of sulfonamides is 1. The van der Waals surface area contributed by atoms with Crippen LogP contribution in [0.4, 0.5) is 0 Å². The number of hydrogen-bond acceptors (Lipinski definition) is 3. The summed E-state index contributed by atoms with van der Waals surface area (Å²) in [6.45, 7) is 5.12. The molecule has 0 unspecified atom stereocenters. The van der Waals surface area contributed by atoms with Gasteiger partial charge in [-0.05, 0) is 42.0 Å². The van der Waals surface area contributed by atoms with E-state index in [-0.39, 0.29) is 10.8 Å². The number of benzene rings is 2. The highest BCUT2D eigenvalue weighted by Crippen LogP contribution is 2.12. The molecule has 0 aliphatic rings. The average molecular weight is 389 g/mol. The maximum atomic E-state index is 12.4. The van der Waals surface area contributed by atoms with Gasteiger partial charge in [0.2, 0.25) is 15.9 Å². The fourth-order valence-electron chi connectivity index (χ4n) is 2.56. The highest BCUT2D eigenvalue weighted by atomic mass is 32.2. The van der Waals surface area contributed by atoms with Gasteiger partial charge in [-0.25, -0.2) is 13.1 Å². The van der Waals surface area contributed by atoms with Crippen LogP contribution in [-0.2, 0) is 27.7 Å². The van der Waals surface area contributed by atoms with Crippen LogP contribution in [0.25, 0.3) is 0 Å². The molecule has 0 heterocycles. The van der Waals surface area contributed by atoms with Crippen molar-refractivity contribution in [2.24, 2.45) is 5.92 Å². The smallest absolute Gasteiger partial charge is 0.240 e. The lowest BCUT2D eigenvalue weighted by molar-refractivity contribution is -0.121. The minimum absolute atomic E-state index is 0.0166. The predicted octanol–water partition coefficient (Wildman–Crippen LogP) is 2.91. The van der Waals surface area contributed by atoms with Gasteiger partial charge in [-0.1, -0.05) is 56.3 Å². The van der Waals surface area contributed by atoms with Crippen molar-refractivity contribution < 1.29 is 13.2 Å². The van der Waals surface area contributed by atoms with Crippen LogP contribution in [0.5, 0.6) is 0 Å². The third-order valence-corrected chi connectivity index (χ3v) is 5.61. The van der Waals surface area contributed by atoms with Crippen LogP contribution in [0.15, 0.2) is 59.5 Å². The lowest BCUT2D eigenvalue weighted by Crippen LogP contribution is -2.27. The van der Waals surface area contributed by atoms with E-state index >= 15 is 0 Å². The Morgan fingerprint density at radius 2 is 1.56 bits per heavy atom. The maximum absolute atomic E-state index is 12.4. The largest absolute Gasteiger partial charge is 0.356 e. The Bertz CT molecular complexity index is 816. The number of carbonyl (C=O) groups is 1. The summed E-state index contributed by atoms with van der Waals surface area (Å²) in [7, 11) is -3.53. The minimum Gasteiger partial charge on any atom is -0.356 e. The van der Waals surface area contributed by atoms with Crippen molar-refractivity contribution in [3.05, 3.63) is 65.7 Å². The SMILES string of the molecule is CC(C)CNC(=O)CCc1ccc(S(=O)(=O)NCCc2ccccc2)cc1. The van der Waals surface area contributed by atoms with Crippen molar-refractivity contribution in [1.82, 2.24) is 10.0 Å². The van der Waals surface area contributed by atoms with Crippen molar-refractivity contribution in [1.29, 1.82) is 0 Å². The molecule has 27 heavy (non-hydrogen) atoms. The summed E-state index contributed by atoms with van der Waals surface area (Å²) in [6, 6.07) is 16.5. The Labute approximate surface area is 162 Å². The molecule has 2 aromatic rings. The number of carbonyl (C=O) groups excluding carboxylic acids is 1. The molecule has 0 spiro atoms. The van der Waals surface area contributed by atoms with Crippen molar-refractivity contribution in [2.75, 3.05) is 13.1 Å². The fraction of sp³-hybridized carbons (Fsp3) is 0.381. The Kier molecular flexibility index (Phi) is 8.00. The van der Waals surface area contributed by atoms with E-state index in [4.69, 9.17) is 0 Å². The second-order valence-corrected chi connectivity index (χ2v) is 8.74. The van der Waals surface area contributed by atoms with Crippen LogP contribution >= 0.6 is 0 Å². The summed E-state index contributed by atoms with van der Waals surface area (Å²) < 4.78 is 27.4. The van der Waals surface area contributed by atoms with Gasteiger partial charge in [-0.3, -0.25) is 4.79 Å². The van der Waals surface area contributed by atoms with Crippen molar-refractivity contribution in [2.45, 2.75) is 38.0 Å². The summed E-state index contributed by atoms with van der Waals surface area (Å²) >= 11 is 0. The zero-order valence-corrected chi connectivity index (χ0v) is 16.8. The Morgan fingerprint density at radius 1 is 0.926 bits per heavy atom. The highest BCUT2D eigenvalue weighted by Gasteiger charge is 2.13. The first-order valence-electron chi connectivity index (χ1n) is 9.26. The summed E-state index contributed by atoms with van der Waals surface area (Å²) in [5, 5.41) is 2.88. The molecule has 0 aliphatic carbocycles. The fourth-order valence-corrected chi connectivity index (χ4v) is 3.59. The normalized spacial score (nSPS) is 11.5. The summed E-state index contributed by atoms with van der Waals surface area (Å²) in [5.41, 5.74) is 2.03. The van der Waals surface area contributed by atoms with E-state index in [1.807, 2.05) is 44.2 Å². The summed E-state index contributed by atoms with van der Waals surface area (Å²) in [5.74, 6) is 0.441. The molecular weight excluding hydrogens is 360 g/mol. The molecule has 1 amide bonds. The molecule has 2 N–H and O–H groups in total. The van der Waals surface area contributed by atoms with Gasteiger partial charge in [0.1, 0.15) is 0 Å². The van der Waals surface area contributed by atoms with Crippen molar-refractivity contribution in [3.8, 4) is 0 Å². The second kappa shape index (κ2) is 10.2. The van der Waals surface area contributed by atoms with Gasteiger partial charge < -0.3 is 5.32 Å². The van der Waals surface area contributed by atoms with Gasteiger partial charge in [0.05, 0.1) is 4.90 Å². The summed E-state index contributed by atoms with van der Waals surface area (Å²) in [4.78, 5) is 12.0. The molecule has 0 atom stereocenters. The van der Waals surface area contributed by atoms with Gasteiger partial charge in [-0.2, -0.15) is 0 Å². The molecule has 2 rings (SSSR count). The zero-order valence-electron chi connectivity index (χ0n) is 15.9. The molecule has 146 valence electrons. The Hall–Kier alpha value is -2.18. The first kappa shape index (κ1) is 21.1. The van der Waals surface area contributed by atoms with E-state index in [9.17, 15) is 13.2 Å². The summed E-state index contributed by atoms with van der Waals surface area (Å²) in [6.07, 6.45) is 1.63. The van der Waals surface area contributed by atoms with E-state index in [0.717, 1.165) is 11.1 Å². The van der Waals surface area contributed by atoms with Crippen molar-refractivity contribution in [3.63, 3.8) is 0 Å². The topological polar surface area (TPSA) is 75.3 Å². The Morgan fingerprint density at radius 3 is 2.19 bits per heavy atom. The number of rotatable bonds is 10. The van der Waals surface area contributed by atoms with Crippen LogP contribution < -0.4 is 10.0 Å².